The molecule has 3 aromatic rings. The summed E-state index contributed by atoms with van der Waals surface area (Å²) >= 11 is 1.59. The molecule has 26 heavy (non-hydrogen) atoms. The maximum Gasteiger partial charge on any atom is 0.221 e. The van der Waals surface area contributed by atoms with Crippen LogP contribution in [0.1, 0.15) is 30.3 Å². The molecule has 1 amide bonds. The van der Waals surface area contributed by atoms with Crippen molar-refractivity contribution in [3.63, 3.8) is 0 Å². The first-order valence-electron chi connectivity index (χ1n) is 8.47. The van der Waals surface area contributed by atoms with Gasteiger partial charge in [0.1, 0.15) is 5.82 Å². The minimum atomic E-state index is -0.197. The van der Waals surface area contributed by atoms with Crippen LogP contribution in [0.25, 0.3) is 10.4 Å². The molecule has 3 nitrogen and oxygen atoms in total. The average Bonchev–Trinajstić information content (AvgIpc) is 3.08. The third-order valence-corrected chi connectivity index (χ3v) is 5.21. The highest BCUT2D eigenvalue weighted by Crippen LogP contribution is 2.30. The van der Waals surface area contributed by atoms with Crippen molar-refractivity contribution in [1.82, 2.24) is 5.32 Å². The fraction of sp³-hybridized carbons (Fsp3) is 0.190. The number of rotatable bonds is 6. The van der Waals surface area contributed by atoms with E-state index in [0.29, 0.717) is 12.1 Å². The molecule has 0 aliphatic carbocycles. The van der Waals surface area contributed by atoms with Crippen LogP contribution in [0, 0.1) is 5.82 Å². The second-order valence-electron chi connectivity index (χ2n) is 6.16. The normalized spacial score (nSPS) is 12.0. The zero-order valence-electron chi connectivity index (χ0n) is 14.8. The Bertz CT molecular complexity index is 906. The molecule has 0 saturated heterocycles. The molecule has 2 aromatic carbocycles. The topological polar surface area (TPSA) is 41.1 Å². The zero-order valence-corrected chi connectivity index (χ0v) is 15.6. The Kier molecular flexibility index (Phi) is 5.81. The lowest BCUT2D eigenvalue weighted by Crippen LogP contribution is -2.17. The lowest BCUT2D eigenvalue weighted by Gasteiger charge is -2.15. The average molecular weight is 368 g/mol. The monoisotopic (exact) mass is 368 g/mol. The second-order valence-corrected chi connectivity index (χ2v) is 7.32. The zero-order chi connectivity index (χ0) is 18.5. The van der Waals surface area contributed by atoms with Gasteiger partial charge in [0.25, 0.3) is 0 Å². The number of hydrogen-bond acceptors (Lipinski definition) is 3. The minimum absolute atomic E-state index is 0.0815. The van der Waals surface area contributed by atoms with Crippen molar-refractivity contribution in [2.75, 3.05) is 5.32 Å². The predicted octanol–water partition coefficient (Wildman–Crippen LogP) is 5.36. The van der Waals surface area contributed by atoms with Crippen molar-refractivity contribution < 1.29 is 9.18 Å². The smallest absolute Gasteiger partial charge is 0.221 e. The summed E-state index contributed by atoms with van der Waals surface area (Å²) < 4.78 is 13.9. The largest absolute Gasteiger partial charge is 0.326 e. The number of carbonyl (C=O) groups is 1. The van der Waals surface area contributed by atoms with E-state index in [9.17, 15) is 9.18 Å². The Balaban J connectivity index is 1.64. The van der Waals surface area contributed by atoms with E-state index in [2.05, 4.69) is 17.6 Å². The van der Waals surface area contributed by atoms with Gasteiger partial charge in [-0.15, -0.1) is 11.3 Å². The number of carbonyl (C=O) groups excluding carboxylic acids is 1. The van der Waals surface area contributed by atoms with Gasteiger partial charge >= 0.3 is 0 Å². The van der Waals surface area contributed by atoms with Crippen LogP contribution in [-0.2, 0) is 11.3 Å². The molecule has 0 aliphatic rings. The second kappa shape index (κ2) is 8.25. The number of thiophene rings is 1. The molecule has 3 rings (SSSR count). The van der Waals surface area contributed by atoms with Gasteiger partial charge in [-0.3, -0.25) is 4.79 Å². The Labute approximate surface area is 156 Å². The lowest BCUT2D eigenvalue weighted by atomic mass is 10.1. The van der Waals surface area contributed by atoms with E-state index >= 15 is 0 Å². The van der Waals surface area contributed by atoms with E-state index in [1.165, 1.54) is 13.0 Å². The van der Waals surface area contributed by atoms with Crippen LogP contribution in [0.5, 0.6) is 0 Å². The van der Waals surface area contributed by atoms with Crippen LogP contribution in [0.2, 0.25) is 0 Å². The fourth-order valence-corrected chi connectivity index (χ4v) is 3.72. The van der Waals surface area contributed by atoms with Crippen molar-refractivity contribution in [3.05, 3.63) is 76.9 Å². The van der Waals surface area contributed by atoms with Crippen LogP contribution in [-0.4, -0.2) is 5.91 Å². The molecular weight excluding hydrogens is 347 g/mol. The van der Waals surface area contributed by atoms with Gasteiger partial charge in [-0.1, -0.05) is 30.3 Å². The maximum absolute atomic E-state index is 13.9. The molecule has 2 N–H and O–H groups in total. The molecule has 0 fully saturated rings. The third kappa shape index (κ3) is 4.56. The number of anilines is 1. The Morgan fingerprint density at radius 3 is 2.69 bits per heavy atom. The molecule has 1 atom stereocenters. The first kappa shape index (κ1) is 18.3. The van der Waals surface area contributed by atoms with E-state index in [1.54, 1.807) is 23.5 Å². The van der Waals surface area contributed by atoms with E-state index in [0.717, 1.165) is 21.0 Å². The molecule has 0 saturated carbocycles. The maximum atomic E-state index is 13.9. The SMILES string of the molecule is CC(=O)Nc1cccc(C(C)NCc2ccc(-c3ccccc3F)s2)c1. The van der Waals surface area contributed by atoms with Crippen LogP contribution in [0.15, 0.2) is 60.7 Å². The Hall–Kier alpha value is -2.50. The van der Waals surface area contributed by atoms with E-state index in [-0.39, 0.29) is 17.8 Å². The van der Waals surface area contributed by atoms with Gasteiger partial charge in [-0.2, -0.15) is 0 Å². The number of benzene rings is 2. The summed E-state index contributed by atoms with van der Waals surface area (Å²) in [6.07, 6.45) is 0. The van der Waals surface area contributed by atoms with E-state index < -0.39 is 0 Å². The highest BCUT2D eigenvalue weighted by molar-refractivity contribution is 7.15. The first-order valence-corrected chi connectivity index (χ1v) is 9.29. The molecule has 0 spiro atoms. The quantitative estimate of drug-likeness (QED) is 0.615. The molecule has 134 valence electrons. The highest BCUT2D eigenvalue weighted by Gasteiger charge is 2.10. The van der Waals surface area contributed by atoms with Gasteiger partial charge in [0.2, 0.25) is 5.91 Å². The molecule has 1 heterocycles. The van der Waals surface area contributed by atoms with Gasteiger partial charge in [0.15, 0.2) is 0 Å². The Morgan fingerprint density at radius 1 is 1.12 bits per heavy atom. The fourth-order valence-electron chi connectivity index (χ4n) is 2.74. The summed E-state index contributed by atoms with van der Waals surface area (Å²) in [5, 5.41) is 6.28. The molecular formula is C21H21FN2OS. The van der Waals surface area contributed by atoms with Crippen LogP contribution in [0.3, 0.4) is 0 Å². The highest BCUT2D eigenvalue weighted by atomic mass is 32.1. The Morgan fingerprint density at radius 2 is 1.92 bits per heavy atom. The van der Waals surface area contributed by atoms with Crippen LogP contribution in [0.4, 0.5) is 10.1 Å². The van der Waals surface area contributed by atoms with Gasteiger partial charge in [0.05, 0.1) is 0 Å². The van der Waals surface area contributed by atoms with Crippen molar-refractivity contribution in [1.29, 1.82) is 0 Å². The van der Waals surface area contributed by atoms with Crippen LogP contribution >= 0.6 is 11.3 Å². The third-order valence-electron chi connectivity index (χ3n) is 4.09. The van der Waals surface area contributed by atoms with E-state index in [1.807, 2.05) is 42.5 Å². The van der Waals surface area contributed by atoms with Crippen molar-refractivity contribution >= 4 is 22.9 Å². The standard InChI is InChI=1S/C21H21FN2OS/c1-14(16-6-5-7-17(12-16)24-15(2)25)23-13-18-10-11-21(26-18)19-8-3-4-9-20(19)22/h3-12,14,23H,13H2,1-2H3,(H,24,25). The molecule has 5 heteroatoms. The predicted molar refractivity (Wildman–Crippen MR) is 106 cm³/mol. The lowest BCUT2D eigenvalue weighted by molar-refractivity contribution is -0.114. The summed E-state index contributed by atoms with van der Waals surface area (Å²) in [5.41, 5.74) is 2.53. The molecule has 1 unspecified atom stereocenters. The van der Waals surface area contributed by atoms with Gasteiger partial charge in [-0.25, -0.2) is 4.39 Å². The molecule has 0 aliphatic heterocycles. The number of nitrogens with one attached hydrogen (secondary N) is 2. The van der Waals surface area contributed by atoms with Crippen molar-refractivity contribution in [2.24, 2.45) is 0 Å². The number of hydrogen-bond donors (Lipinski definition) is 2. The summed E-state index contributed by atoms with van der Waals surface area (Å²) in [6, 6.07) is 18.8. The van der Waals surface area contributed by atoms with Gasteiger partial charge in [0, 0.05) is 40.5 Å². The summed E-state index contributed by atoms with van der Waals surface area (Å²) in [5.74, 6) is -0.279. The molecule has 0 bridgehead atoms. The molecule has 1 aromatic heterocycles. The first-order chi connectivity index (χ1) is 12.5. The summed E-state index contributed by atoms with van der Waals surface area (Å²) in [4.78, 5) is 13.3. The minimum Gasteiger partial charge on any atom is -0.326 e. The number of amides is 1. The summed E-state index contributed by atoms with van der Waals surface area (Å²) in [7, 11) is 0. The van der Waals surface area contributed by atoms with Gasteiger partial charge in [-0.05, 0) is 42.8 Å². The summed E-state index contributed by atoms with van der Waals surface area (Å²) in [6.45, 7) is 4.28. The molecule has 0 radical (unpaired) electrons. The van der Waals surface area contributed by atoms with Crippen molar-refractivity contribution in [2.45, 2.75) is 26.4 Å². The van der Waals surface area contributed by atoms with E-state index in [4.69, 9.17) is 0 Å². The van der Waals surface area contributed by atoms with Gasteiger partial charge < -0.3 is 10.6 Å². The number of halogens is 1. The van der Waals surface area contributed by atoms with Crippen molar-refractivity contribution in [3.8, 4) is 10.4 Å². The van der Waals surface area contributed by atoms with Crippen LogP contribution < -0.4 is 10.6 Å².